The van der Waals surface area contributed by atoms with E-state index in [0.29, 0.717) is 37.2 Å². The highest BCUT2D eigenvalue weighted by molar-refractivity contribution is 6.27. The zero-order valence-corrected chi connectivity index (χ0v) is 20.9. The van der Waals surface area contributed by atoms with E-state index in [1.54, 1.807) is 11.5 Å². The van der Waals surface area contributed by atoms with E-state index in [9.17, 15) is 9.59 Å². The molecular formula is C25H34N4O7. The number of aliphatic carboxylic acids is 2. The lowest BCUT2D eigenvalue weighted by Crippen LogP contribution is -2.46. The average molecular weight is 503 g/mol. The predicted octanol–water partition coefficient (Wildman–Crippen LogP) is 1.32. The van der Waals surface area contributed by atoms with Crippen molar-refractivity contribution in [2.45, 2.75) is 77.3 Å². The lowest BCUT2D eigenvalue weighted by atomic mass is 9.99. The van der Waals surface area contributed by atoms with Gasteiger partial charge in [-0.15, -0.1) is 0 Å². The zero-order valence-electron chi connectivity index (χ0n) is 20.9. The number of hydrogen-bond donors (Lipinski definition) is 2. The van der Waals surface area contributed by atoms with Gasteiger partial charge in [0.25, 0.3) is 0 Å². The van der Waals surface area contributed by atoms with Crippen LogP contribution in [0.3, 0.4) is 0 Å². The van der Waals surface area contributed by atoms with Crippen LogP contribution in [-0.2, 0) is 34.5 Å². The van der Waals surface area contributed by atoms with Gasteiger partial charge in [0.15, 0.2) is 0 Å². The number of ether oxygens (including phenoxy) is 1. The van der Waals surface area contributed by atoms with E-state index in [4.69, 9.17) is 24.5 Å². The second-order valence-electron chi connectivity index (χ2n) is 9.35. The van der Waals surface area contributed by atoms with Crippen LogP contribution in [0.25, 0.3) is 0 Å². The maximum absolute atomic E-state index is 12.3. The second kappa shape index (κ2) is 12.1. The first-order valence-corrected chi connectivity index (χ1v) is 12.1. The molecular weight excluding hydrogens is 468 g/mol. The summed E-state index contributed by atoms with van der Waals surface area (Å²) >= 11 is 0. The molecule has 2 fully saturated rings. The Balaban J connectivity index is 0.000000538. The number of aryl methyl sites for hydroxylation is 2. The molecule has 2 saturated heterocycles. The standard InChI is InChI=1S/C23H32N4O3.C2H2O4/c1-16-7-4-5-8-18(16)15-30-21-13-19-9-10-20(14-21)27(19)12-6-11-26-17(2)24-22(28)25(3)23(26)29;3-1(4)2(5)6/h4-5,7-8,19-21H,6,9-15H2,1-3H3;(H,3,4)(H,5,6). The summed E-state index contributed by atoms with van der Waals surface area (Å²) in [7, 11) is 1.48. The molecule has 11 heteroatoms. The van der Waals surface area contributed by atoms with E-state index in [1.165, 1.54) is 31.0 Å². The molecule has 0 amide bonds. The smallest absolute Gasteiger partial charge is 0.414 e. The fourth-order valence-corrected chi connectivity index (χ4v) is 5.05. The summed E-state index contributed by atoms with van der Waals surface area (Å²) in [6.07, 6.45) is 5.84. The molecule has 3 heterocycles. The van der Waals surface area contributed by atoms with Crippen molar-refractivity contribution in [1.82, 2.24) is 19.0 Å². The number of fused-ring (bicyclic) bond motifs is 2. The Hall–Kier alpha value is -3.31. The Kier molecular flexibility index (Phi) is 9.16. The van der Waals surface area contributed by atoms with Crippen molar-refractivity contribution in [2.24, 2.45) is 7.05 Å². The topological polar surface area (TPSA) is 144 Å². The molecule has 2 bridgehead atoms. The van der Waals surface area contributed by atoms with Gasteiger partial charge in [-0.25, -0.2) is 23.7 Å². The van der Waals surface area contributed by atoms with Gasteiger partial charge in [0.2, 0.25) is 0 Å². The van der Waals surface area contributed by atoms with E-state index in [2.05, 4.69) is 41.1 Å². The van der Waals surface area contributed by atoms with Crippen LogP contribution < -0.4 is 11.4 Å². The van der Waals surface area contributed by atoms with Gasteiger partial charge in [0.1, 0.15) is 5.82 Å². The van der Waals surface area contributed by atoms with Gasteiger partial charge in [-0.1, -0.05) is 24.3 Å². The van der Waals surface area contributed by atoms with Gasteiger partial charge in [-0.3, -0.25) is 9.47 Å². The van der Waals surface area contributed by atoms with Gasteiger partial charge >= 0.3 is 23.3 Å². The van der Waals surface area contributed by atoms with Gasteiger partial charge in [-0.2, -0.15) is 4.98 Å². The second-order valence-corrected chi connectivity index (χ2v) is 9.35. The summed E-state index contributed by atoms with van der Waals surface area (Å²) in [5.41, 5.74) is 1.80. The summed E-state index contributed by atoms with van der Waals surface area (Å²) < 4.78 is 8.99. The summed E-state index contributed by atoms with van der Waals surface area (Å²) in [6, 6.07) is 9.57. The minimum Gasteiger partial charge on any atom is -0.473 e. The monoisotopic (exact) mass is 502 g/mol. The van der Waals surface area contributed by atoms with Gasteiger partial charge in [0.05, 0.1) is 12.7 Å². The minimum absolute atomic E-state index is 0.279. The number of piperidine rings is 1. The molecule has 2 aliphatic heterocycles. The number of carbonyl (C=O) groups is 2. The third-order valence-corrected chi connectivity index (χ3v) is 7.01. The number of benzene rings is 1. The molecule has 2 aromatic rings. The fourth-order valence-electron chi connectivity index (χ4n) is 5.05. The number of rotatable bonds is 7. The van der Waals surface area contributed by atoms with Gasteiger partial charge < -0.3 is 14.9 Å². The third kappa shape index (κ3) is 6.67. The predicted molar refractivity (Wildman–Crippen MR) is 131 cm³/mol. The van der Waals surface area contributed by atoms with Crippen LogP contribution in [0.15, 0.2) is 33.9 Å². The number of aromatic nitrogens is 3. The molecule has 11 nitrogen and oxygen atoms in total. The van der Waals surface area contributed by atoms with E-state index in [1.807, 2.05) is 0 Å². The first kappa shape index (κ1) is 27.3. The van der Waals surface area contributed by atoms with Crippen LogP contribution in [-0.4, -0.2) is 65.9 Å². The van der Waals surface area contributed by atoms with Crippen molar-refractivity contribution < 1.29 is 24.5 Å². The average Bonchev–Trinajstić information content (AvgIpc) is 3.06. The minimum atomic E-state index is -1.82. The van der Waals surface area contributed by atoms with Crippen molar-refractivity contribution >= 4 is 11.9 Å². The molecule has 0 radical (unpaired) electrons. The summed E-state index contributed by atoms with van der Waals surface area (Å²) in [5, 5.41) is 14.8. The molecule has 0 saturated carbocycles. The molecule has 36 heavy (non-hydrogen) atoms. The van der Waals surface area contributed by atoms with Gasteiger partial charge in [0, 0.05) is 32.2 Å². The van der Waals surface area contributed by atoms with Crippen molar-refractivity contribution in [2.75, 3.05) is 6.54 Å². The molecule has 1 aromatic carbocycles. The summed E-state index contributed by atoms with van der Waals surface area (Å²) in [4.78, 5) is 48.7. The van der Waals surface area contributed by atoms with Crippen LogP contribution in [0.4, 0.5) is 0 Å². The maximum Gasteiger partial charge on any atom is 0.414 e. The molecule has 4 rings (SSSR count). The van der Waals surface area contributed by atoms with E-state index < -0.39 is 17.6 Å². The first-order chi connectivity index (χ1) is 17.1. The fraction of sp³-hybridized carbons (Fsp3) is 0.560. The van der Waals surface area contributed by atoms with E-state index in [-0.39, 0.29) is 5.69 Å². The number of nitrogens with zero attached hydrogens (tertiary/aromatic N) is 4. The van der Waals surface area contributed by atoms with Crippen LogP contribution >= 0.6 is 0 Å². The van der Waals surface area contributed by atoms with Gasteiger partial charge in [-0.05, 0) is 57.1 Å². The maximum atomic E-state index is 12.3. The summed E-state index contributed by atoms with van der Waals surface area (Å²) in [6.45, 7) is 6.12. The third-order valence-electron chi connectivity index (χ3n) is 7.01. The molecule has 196 valence electrons. The summed E-state index contributed by atoms with van der Waals surface area (Å²) in [5.74, 6) is -3.15. The van der Waals surface area contributed by atoms with Crippen molar-refractivity contribution in [1.29, 1.82) is 0 Å². The molecule has 2 atom stereocenters. The highest BCUT2D eigenvalue weighted by atomic mass is 16.5. The zero-order chi connectivity index (χ0) is 26.4. The SMILES string of the molecule is Cc1ccccc1COC1CC2CCC(C1)N2CCCn1c(C)nc(=O)n(C)c1=O.O=C(O)C(=O)O. The van der Waals surface area contributed by atoms with Crippen LogP contribution in [0, 0.1) is 13.8 Å². The molecule has 0 spiro atoms. The molecule has 1 aromatic heterocycles. The first-order valence-electron chi connectivity index (χ1n) is 12.1. The van der Waals surface area contributed by atoms with E-state index >= 15 is 0 Å². The Morgan fingerprint density at radius 2 is 1.64 bits per heavy atom. The highest BCUT2D eigenvalue weighted by Gasteiger charge is 2.40. The molecule has 0 aliphatic carbocycles. The lowest BCUT2D eigenvalue weighted by molar-refractivity contribution is -0.159. The number of hydrogen-bond acceptors (Lipinski definition) is 7. The lowest BCUT2D eigenvalue weighted by Gasteiger charge is -2.39. The Labute approximate surface area is 209 Å². The largest absolute Gasteiger partial charge is 0.473 e. The highest BCUT2D eigenvalue weighted by Crippen LogP contribution is 2.37. The van der Waals surface area contributed by atoms with Crippen molar-refractivity contribution in [3.63, 3.8) is 0 Å². The van der Waals surface area contributed by atoms with Crippen molar-refractivity contribution in [3.8, 4) is 0 Å². The molecule has 2 N–H and O–H groups in total. The Morgan fingerprint density at radius 3 is 2.22 bits per heavy atom. The van der Waals surface area contributed by atoms with Crippen LogP contribution in [0.2, 0.25) is 0 Å². The van der Waals surface area contributed by atoms with Crippen molar-refractivity contribution in [3.05, 3.63) is 62.2 Å². The Morgan fingerprint density at radius 1 is 1.03 bits per heavy atom. The normalized spacial score (nSPS) is 21.0. The number of carboxylic acid groups (broad SMARTS) is 2. The van der Waals surface area contributed by atoms with Crippen LogP contribution in [0.5, 0.6) is 0 Å². The molecule has 2 aliphatic rings. The van der Waals surface area contributed by atoms with Crippen LogP contribution in [0.1, 0.15) is 49.1 Å². The number of carboxylic acids is 2. The van der Waals surface area contributed by atoms with E-state index in [0.717, 1.165) is 30.4 Å². The quantitative estimate of drug-likeness (QED) is 0.536. The molecule has 2 unspecified atom stereocenters. The Bertz CT molecular complexity index is 1180.